The van der Waals surface area contributed by atoms with E-state index < -0.39 is 5.41 Å². The molecule has 232 valence electrons. The predicted molar refractivity (Wildman–Crippen MR) is 170 cm³/mol. The third kappa shape index (κ3) is 4.57. The fourth-order valence-corrected chi connectivity index (χ4v) is 7.44. The highest BCUT2D eigenvalue weighted by Gasteiger charge is 2.52. The second-order valence-electron chi connectivity index (χ2n) is 13.7. The van der Waals surface area contributed by atoms with Crippen LogP contribution in [0, 0.1) is 11.3 Å². The Hall–Kier alpha value is -3.92. The van der Waals surface area contributed by atoms with E-state index in [1.54, 1.807) is 7.11 Å². The number of rotatable bonds is 3. The zero-order chi connectivity index (χ0) is 30.9. The van der Waals surface area contributed by atoms with Crippen molar-refractivity contribution in [1.29, 1.82) is 0 Å². The Morgan fingerprint density at radius 2 is 1.91 bits per heavy atom. The predicted octanol–water partition coefficient (Wildman–Crippen LogP) is 4.94. The smallest absolute Gasteiger partial charge is 0.254 e. The molecular formula is C34H43N7O3. The van der Waals surface area contributed by atoms with Crippen molar-refractivity contribution in [3.8, 4) is 17.3 Å². The number of nitrogens with two attached hydrogens (primary N) is 1. The Morgan fingerprint density at radius 1 is 1.11 bits per heavy atom. The number of nitrogens with one attached hydrogen (secondary N) is 1. The summed E-state index contributed by atoms with van der Waals surface area (Å²) in [5, 5.41) is 4.23. The van der Waals surface area contributed by atoms with Gasteiger partial charge in [0.1, 0.15) is 16.9 Å². The SMILES string of the molecule is COc1cc(C(=O)N2C[C@H]3C[C@@H]2[C@@H]3N)cc2nc(-c3cc4ccc5nc4n3CCCCCCC(C)(C)C(=O)N[C@@H]5C)n(C)c12. The number of hydrogen-bond acceptors (Lipinski definition) is 6. The number of aryl methyl sites for hydroxylation is 2. The molecule has 3 aliphatic heterocycles. The van der Waals surface area contributed by atoms with E-state index in [1.807, 2.05) is 50.9 Å². The molecule has 0 spiro atoms. The lowest BCUT2D eigenvalue weighted by Gasteiger charge is -2.33. The lowest BCUT2D eigenvalue weighted by molar-refractivity contribution is -0.130. The number of amides is 2. The van der Waals surface area contributed by atoms with Crippen LogP contribution in [0.1, 0.15) is 81.4 Å². The van der Waals surface area contributed by atoms with E-state index in [2.05, 4.69) is 26.6 Å². The van der Waals surface area contributed by atoms with Crippen LogP contribution in [-0.2, 0) is 18.4 Å². The van der Waals surface area contributed by atoms with Crippen LogP contribution in [0.15, 0.2) is 30.3 Å². The van der Waals surface area contributed by atoms with Gasteiger partial charge in [-0.2, -0.15) is 0 Å². The number of methoxy groups -OCH3 is 1. The maximum atomic E-state index is 13.6. The number of carbonyl (C=O) groups is 2. The van der Waals surface area contributed by atoms with Gasteiger partial charge in [-0.3, -0.25) is 9.59 Å². The quantitative estimate of drug-likeness (QED) is 0.345. The van der Waals surface area contributed by atoms with Crippen LogP contribution < -0.4 is 15.8 Å². The molecule has 2 saturated heterocycles. The average molecular weight is 598 g/mol. The Morgan fingerprint density at radius 3 is 2.64 bits per heavy atom. The zero-order valence-electron chi connectivity index (χ0n) is 26.4. The Balaban J connectivity index is 1.31. The number of imidazole rings is 1. The summed E-state index contributed by atoms with van der Waals surface area (Å²) in [6.45, 7) is 7.58. The maximum absolute atomic E-state index is 13.6. The molecule has 4 atom stereocenters. The van der Waals surface area contributed by atoms with Crippen LogP contribution in [-0.4, -0.2) is 61.6 Å². The number of pyridine rings is 1. The Kier molecular flexibility index (Phi) is 6.95. The average Bonchev–Trinajstić information content (AvgIpc) is 3.77. The number of nitrogens with zero attached hydrogens (tertiary/aromatic N) is 5. The fraction of sp³-hybridized carbons (Fsp3) is 0.529. The summed E-state index contributed by atoms with van der Waals surface area (Å²) >= 11 is 0. The first-order chi connectivity index (χ1) is 21.1. The molecule has 4 bridgehead atoms. The van der Waals surface area contributed by atoms with Crippen molar-refractivity contribution in [2.45, 2.75) is 84.0 Å². The van der Waals surface area contributed by atoms with Gasteiger partial charge in [0.05, 0.1) is 30.1 Å². The topological polar surface area (TPSA) is 120 Å². The lowest BCUT2D eigenvalue weighted by Crippen LogP contribution is -2.50. The van der Waals surface area contributed by atoms with Crippen molar-refractivity contribution < 1.29 is 14.3 Å². The van der Waals surface area contributed by atoms with Crippen molar-refractivity contribution in [3.05, 3.63) is 41.6 Å². The van der Waals surface area contributed by atoms with Gasteiger partial charge in [0, 0.05) is 48.6 Å². The molecule has 1 aromatic carbocycles. The first-order valence-corrected chi connectivity index (χ1v) is 16.0. The molecule has 3 N–H and O–H groups in total. The minimum Gasteiger partial charge on any atom is -0.494 e. The van der Waals surface area contributed by atoms with E-state index in [9.17, 15) is 9.59 Å². The highest BCUT2D eigenvalue weighted by atomic mass is 16.5. The van der Waals surface area contributed by atoms with Crippen molar-refractivity contribution in [3.63, 3.8) is 0 Å². The van der Waals surface area contributed by atoms with E-state index in [0.29, 0.717) is 29.3 Å². The molecule has 2 amide bonds. The second kappa shape index (κ2) is 10.6. The summed E-state index contributed by atoms with van der Waals surface area (Å²) in [6.07, 6.45) is 6.00. The first kappa shape index (κ1) is 28.8. The summed E-state index contributed by atoms with van der Waals surface area (Å²) in [6, 6.07) is 9.95. The van der Waals surface area contributed by atoms with Crippen molar-refractivity contribution in [2.75, 3.05) is 13.7 Å². The van der Waals surface area contributed by atoms with E-state index >= 15 is 0 Å². The van der Waals surface area contributed by atoms with Gasteiger partial charge < -0.3 is 29.8 Å². The summed E-state index contributed by atoms with van der Waals surface area (Å²) in [5.41, 5.74) is 10.7. The third-order valence-corrected chi connectivity index (χ3v) is 10.4. The molecule has 3 fully saturated rings. The van der Waals surface area contributed by atoms with Crippen molar-refractivity contribution in [1.82, 2.24) is 29.3 Å². The van der Waals surface area contributed by atoms with Crippen LogP contribution in [0.25, 0.3) is 33.6 Å². The normalized spacial score (nSPS) is 25.2. The van der Waals surface area contributed by atoms with E-state index in [0.717, 1.165) is 78.8 Å². The van der Waals surface area contributed by atoms with Crippen molar-refractivity contribution >= 4 is 33.9 Å². The van der Waals surface area contributed by atoms with Crippen LogP contribution in [0.5, 0.6) is 5.75 Å². The molecule has 8 rings (SSSR count). The zero-order valence-corrected chi connectivity index (χ0v) is 26.4. The maximum Gasteiger partial charge on any atom is 0.254 e. The molecule has 4 aromatic rings. The van der Waals surface area contributed by atoms with Crippen molar-refractivity contribution in [2.24, 2.45) is 24.1 Å². The summed E-state index contributed by atoms with van der Waals surface area (Å²) in [4.78, 5) is 38.8. The lowest BCUT2D eigenvalue weighted by atomic mass is 9.81. The molecule has 1 saturated carbocycles. The summed E-state index contributed by atoms with van der Waals surface area (Å²) < 4.78 is 10.2. The van der Waals surface area contributed by atoms with Gasteiger partial charge in [-0.15, -0.1) is 0 Å². The van der Waals surface area contributed by atoms with Gasteiger partial charge in [0.2, 0.25) is 5.91 Å². The molecule has 10 heteroatoms. The highest BCUT2D eigenvalue weighted by Crippen LogP contribution is 2.41. The standard InChI is InChI=1S/C34H43N7O3/c1-19-23-11-10-20-15-26(40(30(20)37-23)13-9-7-6-8-12-34(2,3)33(43)36-19)31-38-24-14-21(17-27(44-5)29(24)39(31)4)32(42)41-18-22-16-25(41)28(22)35/h10-11,14-15,17,19,22,25,28H,6-9,12-13,16,18,35H2,1-5H3,(H,36,43)/t19-,22-,25-,28-/m1/s1. The molecule has 0 unspecified atom stereocenters. The number of hydrogen-bond donors (Lipinski definition) is 2. The van der Waals surface area contributed by atoms with Crippen LogP contribution in [0.3, 0.4) is 0 Å². The van der Waals surface area contributed by atoms with Gasteiger partial charge in [-0.25, -0.2) is 9.97 Å². The van der Waals surface area contributed by atoms with Crippen LogP contribution in [0.4, 0.5) is 0 Å². The van der Waals surface area contributed by atoms with Crippen LogP contribution >= 0.6 is 0 Å². The van der Waals surface area contributed by atoms with E-state index in [-0.39, 0.29) is 29.9 Å². The highest BCUT2D eigenvalue weighted by molar-refractivity contribution is 6.00. The van der Waals surface area contributed by atoms with Gasteiger partial charge >= 0.3 is 0 Å². The number of carbonyl (C=O) groups excluding carboxylic acids is 2. The monoisotopic (exact) mass is 597 g/mol. The fourth-order valence-electron chi connectivity index (χ4n) is 7.44. The Bertz CT molecular complexity index is 1790. The summed E-state index contributed by atoms with van der Waals surface area (Å²) in [7, 11) is 3.63. The molecule has 1 aliphatic carbocycles. The molecule has 6 heterocycles. The molecular weight excluding hydrogens is 554 g/mol. The van der Waals surface area contributed by atoms with E-state index in [1.165, 1.54) is 0 Å². The largest absolute Gasteiger partial charge is 0.494 e. The van der Waals surface area contributed by atoms with Crippen LogP contribution in [0.2, 0.25) is 0 Å². The first-order valence-electron chi connectivity index (χ1n) is 16.0. The minimum atomic E-state index is -0.413. The minimum absolute atomic E-state index is 0.0125. The molecule has 4 aliphatic rings. The second-order valence-corrected chi connectivity index (χ2v) is 13.7. The molecule has 44 heavy (non-hydrogen) atoms. The van der Waals surface area contributed by atoms with Gasteiger partial charge in [0.25, 0.3) is 5.91 Å². The van der Waals surface area contributed by atoms with Gasteiger partial charge in [-0.05, 0) is 62.4 Å². The number of aromatic nitrogens is 4. The number of ether oxygens (including phenoxy) is 1. The summed E-state index contributed by atoms with van der Waals surface area (Å²) in [5.74, 6) is 1.86. The third-order valence-electron chi connectivity index (χ3n) is 10.4. The number of fused-ring (bicyclic) bond motifs is 3. The number of benzene rings is 1. The Labute approximate surface area is 257 Å². The molecule has 10 nitrogen and oxygen atoms in total. The van der Waals surface area contributed by atoms with Gasteiger partial charge in [0.15, 0.2) is 5.82 Å². The van der Waals surface area contributed by atoms with Gasteiger partial charge in [-0.1, -0.05) is 33.1 Å². The molecule has 3 aromatic heterocycles. The molecule has 0 radical (unpaired) electrons. The van der Waals surface area contributed by atoms with E-state index in [4.69, 9.17) is 20.4 Å².